The zero-order chi connectivity index (χ0) is 9.97. The molecule has 0 heterocycles. The molecule has 0 radical (unpaired) electrons. The minimum Gasteiger partial charge on any atom is -0.327 e. The van der Waals surface area contributed by atoms with Crippen LogP contribution in [0.5, 0.6) is 0 Å². The first-order valence-corrected chi connectivity index (χ1v) is 5.65. The van der Waals surface area contributed by atoms with Gasteiger partial charge < -0.3 is 5.73 Å². The van der Waals surface area contributed by atoms with Gasteiger partial charge in [0.1, 0.15) is 0 Å². The summed E-state index contributed by atoms with van der Waals surface area (Å²) in [6.07, 6.45) is 4.88. The van der Waals surface area contributed by atoms with E-state index >= 15 is 0 Å². The first-order chi connectivity index (χ1) is 6.81. The minimum absolute atomic E-state index is 0.409. The Balaban J connectivity index is 2.06. The molecule has 1 aromatic carbocycles. The Kier molecular flexibility index (Phi) is 2.87. The van der Waals surface area contributed by atoms with Gasteiger partial charge in [0.2, 0.25) is 0 Å². The second kappa shape index (κ2) is 4.14. The van der Waals surface area contributed by atoms with Crippen molar-refractivity contribution in [3.05, 3.63) is 35.4 Å². The van der Waals surface area contributed by atoms with E-state index in [2.05, 4.69) is 31.2 Å². The van der Waals surface area contributed by atoms with Gasteiger partial charge in [-0.05, 0) is 36.3 Å². The van der Waals surface area contributed by atoms with Crippen molar-refractivity contribution in [3.8, 4) is 0 Å². The standard InChI is InChI=1S/C13H19N/c1-2-3-10-4-6-11(7-5-10)12-8-9-13(12)14/h4-7,12-13H,2-3,8-9,14H2,1H3. The van der Waals surface area contributed by atoms with Crippen LogP contribution in [0.3, 0.4) is 0 Å². The van der Waals surface area contributed by atoms with Crippen LogP contribution in [-0.4, -0.2) is 6.04 Å². The molecule has 2 atom stereocenters. The van der Waals surface area contributed by atoms with Crippen LogP contribution in [0.25, 0.3) is 0 Å². The maximum Gasteiger partial charge on any atom is 0.0108 e. The molecular formula is C13H19N. The van der Waals surface area contributed by atoms with Crippen LogP contribution in [0.15, 0.2) is 24.3 Å². The van der Waals surface area contributed by atoms with Gasteiger partial charge in [0, 0.05) is 6.04 Å². The van der Waals surface area contributed by atoms with Crippen molar-refractivity contribution in [1.82, 2.24) is 0 Å². The molecule has 1 aliphatic rings. The lowest BCUT2D eigenvalue weighted by Crippen LogP contribution is -2.37. The summed E-state index contributed by atoms with van der Waals surface area (Å²) >= 11 is 0. The van der Waals surface area contributed by atoms with Gasteiger partial charge >= 0.3 is 0 Å². The monoisotopic (exact) mass is 189 g/mol. The van der Waals surface area contributed by atoms with Crippen LogP contribution < -0.4 is 5.73 Å². The third-order valence-corrected chi connectivity index (χ3v) is 3.27. The zero-order valence-electron chi connectivity index (χ0n) is 8.87. The van der Waals surface area contributed by atoms with Gasteiger partial charge in [-0.3, -0.25) is 0 Å². The Bertz CT molecular complexity index is 289. The van der Waals surface area contributed by atoms with E-state index in [-0.39, 0.29) is 0 Å². The maximum absolute atomic E-state index is 5.95. The predicted molar refractivity (Wildman–Crippen MR) is 60.4 cm³/mol. The lowest BCUT2D eigenvalue weighted by Gasteiger charge is -2.34. The molecule has 1 saturated carbocycles. The number of aryl methyl sites for hydroxylation is 1. The molecule has 0 aromatic heterocycles. The van der Waals surface area contributed by atoms with Crippen molar-refractivity contribution in [2.45, 2.75) is 44.6 Å². The summed E-state index contributed by atoms with van der Waals surface area (Å²) in [5.41, 5.74) is 8.83. The Morgan fingerprint density at radius 3 is 2.36 bits per heavy atom. The molecule has 0 amide bonds. The lowest BCUT2D eigenvalue weighted by molar-refractivity contribution is 0.346. The first kappa shape index (κ1) is 9.72. The normalized spacial score (nSPS) is 25.9. The molecule has 0 spiro atoms. The van der Waals surface area contributed by atoms with E-state index in [1.165, 1.54) is 36.8 Å². The third-order valence-electron chi connectivity index (χ3n) is 3.27. The maximum atomic E-state index is 5.95. The Morgan fingerprint density at radius 2 is 1.93 bits per heavy atom. The fraction of sp³-hybridized carbons (Fsp3) is 0.538. The number of hydrogen-bond donors (Lipinski definition) is 1. The second-order valence-electron chi connectivity index (χ2n) is 4.34. The average Bonchev–Trinajstić information content (AvgIpc) is 2.19. The summed E-state index contributed by atoms with van der Waals surface area (Å²) in [6.45, 7) is 2.22. The number of benzene rings is 1. The molecule has 1 aliphatic carbocycles. The van der Waals surface area contributed by atoms with Crippen molar-refractivity contribution in [1.29, 1.82) is 0 Å². The molecule has 76 valence electrons. The van der Waals surface area contributed by atoms with Crippen LogP contribution in [0.2, 0.25) is 0 Å². The van der Waals surface area contributed by atoms with Crippen molar-refractivity contribution in [2.24, 2.45) is 5.73 Å². The predicted octanol–water partition coefficient (Wildman–Crippen LogP) is 2.84. The van der Waals surface area contributed by atoms with Crippen molar-refractivity contribution >= 4 is 0 Å². The van der Waals surface area contributed by atoms with Gasteiger partial charge in [0.15, 0.2) is 0 Å². The van der Waals surface area contributed by atoms with Crippen LogP contribution >= 0.6 is 0 Å². The van der Waals surface area contributed by atoms with Crippen LogP contribution in [-0.2, 0) is 6.42 Å². The minimum atomic E-state index is 0.409. The van der Waals surface area contributed by atoms with Crippen LogP contribution in [0, 0.1) is 0 Å². The van der Waals surface area contributed by atoms with E-state index < -0.39 is 0 Å². The molecule has 0 bridgehead atoms. The van der Waals surface area contributed by atoms with Crippen LogP contribution in [0.1, 0.15) is 43.2 Å². The summed E-state index contributed by atoms with van der Waals surface area (Å²) in [5.74, 6) is 0.630. The first-order valence-electron chi connectivity index (χ1n) is 5.65. The molecule has 0 aliphatic heterocycles. The summed E-state index contributed by atoms with van der Waals surface area (Å²) in [5, 5.41) is 0. The number of rotatable bonds is 3. The fourth-order valence-corrected chi connectivity index (χ4v) is 2.16. The molecule has 1 aromatic rings. The number of nitrogens with two attached hydrogens (primary N) is 1. The van der Waals surface area contributed by atoms with Gasteiger partial charge in [-0.2, -0.15) is 0 Å². The van der Waals surface area contributed by atoms with E-state index in [9.17, 15) is 0 Å². The van der Waals surface area contributed by atoms with E-state index in [4.69, 9.17) is 5.73 Å². The van der Waals surface area contributed by atoms with Crippen LogP contribution in [0.4, 0.5) is 0 Å². The van der Waals surface area contributed by atoms with Gasteiger partial charge in [0.25, 0.3) is 0 Å². The van der Waals surface area contributed by atoms with E-state index in [1.54, 1.807) is 0 Å². The highest BCUT2D eigenvalue weighted by Gasteiger charge is 2.28. The molecule has 0 saturated heterocycles. The van der Waals surface area contributed by atoms with E-state index in [0.29, 0.717) is 12.0 Å². The molecule has 1 fully saturated rings. The Hall–Kier alpha value is -0.820. The molecule has 2 N–H and O–H groups in total. The highest BCUT2D eigenvalue weighted by molar-refractivity contribution is 5.28. The zero-order valence-corrected chi connectivity index (χ0v) is 8.87. The van der Waals surface area contributed by atoms with Crippen molar-refractivity contribution in [3.63, 3.8) is 0 Å². The fourth-order valence-electron chi connectivity index (χ4n) is 2.16. The molecular weight excluding hydrogens is 170 g/mol. The molecule has 2 unspecified atom stereocenters. The Morgan fingerprint density at radius 1 is 1.21 bits per heavy atom. The summed E-state index contributed by atoms with van der Waals surface area (Å²) in [4.78, 5) is 0. The average molecular weight is 189 g/mol. The summed E-state index contributed by atoms with van der Waals surface area (Å²) in [6, 6.07) is 9.43. The summed E-state index contributed by atoms with van der Waals surface area (Å²) < 4.78 is 0. The number of hydrogen-bond acceptors (Lipinski definition) is 1. The second-order valence-corrected chi connectivity index (χ2v) is 4.34. The van der Waals surface area contributed by atoms with Gasteiger partial charge in [0.05, 0.1) is 0 Å². The van der Waals surface area contributed by atoms with E-state index in [1.807, 2.05) is 0 Å². The highest BCUT2D eigenvalue weighted by Crippen LogP contribution is 2.35. The molecule has 2 rings (SSSR count). The van der Waals surface area contributed by atoms with Crippen molar-refractivity contribution < 1.29 is 0 Å². The largest absolute Gasteiger partial charge is 0.327 e. The molecule has 1 nitrogen and oxygen atoms in total. The van der Waals surface area contributed by atoms with Crippen molar-refractivity contribution in [2.75, 3.05) is 0 Å². The lowest BCUT2D eigenvalue weighted by atomic mass is 9.75. The third kappa shape index (κ3) is 1.83. The van der Waals surface area contributed by atoms with E-state index in [0.717, 1.165) is 0 Å². The Labute approximate surface area is 86.3 Å². The quantitative estimate of drug-likeness (QED) is 0.777. The topological polar surface area (TPSA) is 26.0 Å². The van der Waals surface area contributed by atoms with Gasteiger partial charge in [-0.25, -0.2) is 0 Å². The van der Waals surface area contributed by atoms with Gasteiger partial charge in [-0.15, -0.1) is 0 Å². The molecule has 1 heteroatoms. The summed E-state index contributed by atoms with van der Waals surface area (Å²) in [7, 11) is 0. The highest BCUT2D eigenvalue weighted by atomic mass is 14.7. The SMILES string of the molecule is CCCc1ccc(C2CCC2N)cc1. The smallest absolute Gasteiger partial charge is 0.0108 e. The molecule has 14 heavy (non-hydrogen) atoms. The van der Waals surface area contributed by atoms with Gasteiger partial charge in [-0.1, -0.05) is 37.6 Å².